The van der Waals surface area contributed by atoms with Crippen LogP contribution in [0, 0.1) is 13.8 Å². The monoisotopic (exact) mass is 334 g/mol. The summed E-state index contributed by atoms with van der Waals surface area (Å²) < 4.78 is 27.4. The molecule has 0 heterocycles. The van der Waals surface area contributed by atoms with Crippen LogP contribution in [0.5, 0.6) is 5.75 Å². The Labute approximate surface area is 135 Å². The van der Waals surface area contributed by atoms with E-state index in [4.69, 9.17) is 0 Å². The highest BCUT2D eigenvalue weighted by Gasteiger charge is 2.17. The molecule has 122 valence electrons. The summed E-state index contributed by atoms with van der Waals surface area (Å²) >= 11 is 0. The number of sulfonamides is 1. The van der Waals surface area contributed by atoms with E-state index in [0.717, 1.165) is 5.56 Å². The Hall–Kier alpha value is -2.54. The van der Waals surface area contributed by atoms with Gasteiger partial charge in [0.05, 0.1) is 16.3 Å². The number of anilines is 2. The minimum absolute atomic E-state index is 0.137. The van der Waals surface area contributed by atoms with Crippen molar-refractivity contribution in [1.29, 1.82) is 0 Å². The van der Waals surface area contributed by atoms with Gasteiger partial charge in [-0.05, 0) is 43.7 Å². The fourth-order valence-electron chi connectivity index (χ4n) is 2.20. The lowest BCUT2D eigenvalue weighted by Crippen LogP contribution is -2.15. The van der Waals surface area contributed by atoms with Crippen LogP contribution in [-0.4, -0.2) is 19.4 Å². The molecule has 0 bridgehead atoms. The molecule has 0 fully saturated rings. The van der Waals surface area contributed by atoms with Crippen LogP contribution in [0.25, 0.3) is 0 Å². The molecule has 0 spiro atoms. The van der Waals surface area contributed by atoms with Gasteiger partial charge in [0.15, 0.2) is 0 Å². The molecule has 7 heteroatoms. The van der Waals surface area contributed by atoms with E-state index in [1.54, 1.807) is 25.1 Å². The summed E-state index contributed by atoms with van der Waals surface area (Å²) in [4.78, 5) is 11.3. The average Bonchev–Trinajstić information content (AvgIpc) is 2.41. The third kappa shape index (κ3) is 4.01. The van der Waals surface area contributed by atoms with Crippen LogP contribution >= 0.6 is 0 Å². The number of rotatable bonds is 4. The van der Waals surface area contributed by atoms with Gasteiger partial charge in [0, 0.05) is 6.92 Å². The molecule has 6 nitrogen and oxygen atoms in total. The fourth-order valence-corrected chi connectivity index (χ4v) is 3.48. The van der Waals surface area contributed by atoms with E-state index in [1.165, 1.54) is 25.1 Å². The summed E-state index contributed by atoms with van der Waals surface area (Å²) in [5.74, 6) is -0.510. The summed E-state index contributed by atoms with van der Waals surface area (Å²) in [6.45, 7) is 4.91. The Kier molecular flexibility index (Phi) is 4.60. The molecule has 23 heavy (non-hydrogen) atoms. The largest absolute Gasteiger partial charge is 0.506 e. The van der Waals surface area contributed by atoms with Gasteiger partial charge in [0.25, 0.3) is 10.0 Å². The predicted molar refractivity (Wildman–Crippen MR) is 89.1 cm³/mol. The van der Waals surface area contributed by atoms with Gasteiger partial charge >= 0.3 is 0 Å². The number of phenolic OH excluding ortho intramolecular Hbond substituents is 1. The Morgan fingerprint density at radius 3 is 2.39 bits per heavy atom. The van der Waals surface area contributed by atoms with Gasteiger partial charge in [-0.1, -0.05) is 17.7 Å². The zero-order valence-electron chi connectivity index (χ0n) is 13.0. The first-order chi connectivity index (χ1) is 10.7. The highest BCUT2D eigenvalue weighted by atomic mass is 32.2. The number of aryl methyl sites for hydroxylation is 2. The molecule has 0 saturated carbocycles. The third-order valence-corrected chi connectivity index (χ3v) is 4.72. The van der Waals surface area contributed by atoms with Crippen molar-refractivity contribution in [2.45, 2.75) is 25.7 Å². The van der Waals surface area contributed by atoms with Crippen LogP contribution < -0.4 is 10.0 Å². The molecule has 3 N–H and O–H groups in total. The number of carbonyl (C=O) groups excluding carboxylic acids is 1. The molecule has 1 amide bonds. The Morgan fingerprint density at radius 2 is 1.78 bits per heavy atom. The van der Waals surface area contributed by atoms with Crippen LogP contribution in [0.4, 0.5) is 11.4 Å². The van der Waals surface area contributed by atoms with E-state index >= 15 is 0 Å². The molecule has 2 rings (SSSR count). The maximum absolute atomic E-state index is 12.5. The van der Waals surface area contributed by atoms with E-state index in [1.807, 2.05) is 6.92 Å². The van der Waals surface area contributed by atoms with Crippen molar-refractivity contribution in [2.24, 2.45) is 0 Å². The van der Waals surface area contributed by atoms with Crippen LogP contribution in [-0.2, 0) is 14.8 Å². The van der Waals surface area contributed by atoms with Crippen molar-refractivity contribution in [3.05, 3.63) is 47.5 Å². The highest BCUT2D eigenvalue weighted by Crippen LogP contribution is 2.28. The Balaban J connectivity index is 2.35. The zero-order valence-corrected chi connectivity index (χ0v) is 13.9. The van der Waals surface area contributed by atoms with Gasteiger partial charge in [-0.2, -0.15) is 0 Å². The quantitative estimate of drug-likeness (QED) is 0.592. The summed E-state index contributed by atoms with van der Waals surface area (Å²) in [6.07, 6.45) is 0. The topological polar surface area (TPSA) is 95.5 Å². The van der Waals surface area contributed by atoms with Gasteiger partial charge < -0.3 is 10.4 Å². The molecule has 0 aliphatic rings. The molecular formula is C16H18N2O4S. The maximum atomic E-state index is 12.5. The van der Waals surface area contributed by atoms with Crippen LogP contribution in [0.15, 0.2) is 41.3 Å². The highest BCUT2D eigenvalue weighted by molar-refractivity contribution is 7.92. The summed E-state index contributed by atoms with van der Waals surface area (Å²) in [5, 5.41) is 12.1. The van der Waals surface area contributed by atoms with Crippen LogP contribution in [0.1, 0.15) is 18.1 Å². The number of hydrogen-bond acceptors (Lipinski definition) is 4. The second-order valence-electron chi connectivity index (χ2n) is 5.29. The zero-order chi connectivity index (χ0) is 17.2. The minimum atomic E-state index is -3.76. The van der Waals surface area contributed by atoms with Crippen molar-refractivity contribution >= 4 is 27.3 Å². The molecular weight excluding hydrogens is 316 g/mol. The predicted octanol–water partition coefficient (Wildman–Crippen LogP) is 2.77. The van der Waals surface area contributed by atoms with Crippen LogP contribution in [0.2, 0.25) is 0 Å². The molecule has 0 unspecified atom stereocenters. The first-order valence-corrected chi connectivity index (χ1v) is 8.38. The van der Waals surface area contributed by atoms with Crippen molar-refractivity contribution in [1.82, 2.24) is 0 Å². The maximum Gasteiger partial charge on any atom is 0.262 e. The van der Waals surface area contributed by atoms with Crippen LogP contribution in [0.3, 0.4) is 0 Å². The van der Waals surface area contributed by atoms with E-state index in [-0.39, 0.29) is 27.9 Å². The molecule has 0 radical (unpaired) electrons. The molecule has 0 saturated heterocycles. The summed E-state index contributed by atoms with van der Waals surface area (Å²) in [6, 6.07) is 9.14. The van der Waals surface area contributed by atoms with Gasteiger partial charge in [0.2, 0.25) is 5.91 Å². The number of benzene rings is 2. The third-order valence-electron chi connectivity index (χ3n) is 3.18. The lowest BCUT2D eigenvalue weighted by atomic mass is 10.2. The smallest absolute Gasteiger partial charge is 0.262 e. The van der Waals surface area contributed by atoms with Crippen molar-refractivity contribution in [3.8, 4) is 5.75 Å². The standard InChI is InChI=1S/C16H18N2O4S/c1-10-4-7-16(11(2)8-10)23(21,22)18-13-5-6-15(20)14(9-13)17-12(3)19/h4-9,18,20H,1-3H3,(H,17,19). The van der Waals surface area contributed by atoms with E-state index in [2.05, 4.69) is 10.0 Å². The van der Waals surface area contributed by atoms with Crippen molar-refractivity contribution in [3.63, 3.8) is 0 Å². The molecule has 0 aromatic heterocycles. The molecule has 0 aliphatic heterocycles. The lowest BCUT2D eigenvalue weighted by molar-refractivity contribution is -0.114. The van der Waals surface area contributed by atoms with Crippen molar-refractivity contribution < 1.29 is 18.3 Å². The molecule has 0 atom stereocenters. The summed E-state index contributed by atoms with van der Waals surface area (Å²) in [7, 11) is -3.76. The van der Waals surface area contributed by atoms with Gasteiger partial charge in [-0.3, -0.25) is 9.52 Å². The van der Waals surface area contributed by atoms with Gasteiger partial charge in [-0.15, -0.1) is 0 Å². The van der Waals surface area contributed by atoms with Crippen molar-refractivity contribution in [2.75, 3.05) is 10.0 Å². The van der Waals surface area contributed by atoms with E-state index in [9.17, 15) is 18.3 Å². The molecule has 0 aliphatic carbocycles. The van der Waals surface area contributed by atoms with E-state index < -0.39 is 10.0 Å². The first-order valence-electron chi connectivity index (χ1n) is 6.90. The number of aromatic hydroxyl groups is 1. The summed E-state index contributed by atoms with van der Waals surface area (Å²) in [5.41, 5.74) is 1.99. The molecule has 2 aromatic rings. The van der Waals surface area contributed by atoms with E-state index in [0.29, 0.717) is 5.56 Å². The lowest BCUT2D eigenvalue weighted by Gasteiger charge is -2.13. The number of hydrogen-bond donors (Lipinski definition) is 3. The SMILES string of the molecule is CC(=O)Nc1cc(NS(=O)(=O)c2ccc(C)cc2C)ccc1O. The Morgan fingerprint density at radius 1 is 1.09 bits per heavy atom. The fraction of sp³-hybridized carbons (Fsp3) is 0.188. The second kappa shape index (κ2) is 6.29. The Bertz CT molecular complexity index is 860. The number of phenols is 1. The number of nitrogens with one attached hydrogen (secondary N) is 2. The van der Waals surface area contributed by atoms with Gasteiger partial charge in [-0.25, -0.2) is 8.42 Å². The second-order valence-corrected chi connectivity index (χ2v) is 6.94. The normalized spacial score (nSPS) is 11.1. The number of amides is 1. The number of carbonyl (C=O) groups is 1. The minimum Gasteiger partial charge on any atom is -0.506 e. The first kappa shape index (κ1) is 16.8. The molecule has 2 aromatic carbocycles. The van der Waals surface area contributed by atoms with Gasteiger partial charge in [0.1, 0.15) is 5.75 Å². The average molecular weight is 334 g/mol.